The summed E-state index contributed by atoms with van der Waals surface area (Å²) in [6.07, 6.45) is 4.68. The van der Waals surface area contributed by atoms with Crippen molar-refractivity contribution in [1.82, 2.24) is 15.0 Å². The molecule has 0 amide bonds. The molecule has 0 aliphatic heterocycles. The maximum atomic E-state index is 16.6. The minimum Gasteiger partial charge on any atom is -0.304 e. The maximum Gasteiger partial charge on any atom is 3.00 e. The van der Waals surface area contributed by atoms with Crippen LogP contribution in [0, 0.1) is 64.7 Å². The van der Waals surface area contributed by atoms with E-state index in [-0.39, 0.29) is 53.7 Å². The average Bonchev–Trinajstić information content (AvgIpc) is 0.761. The molecule has 0 saturated carbocycles. The number of nitrogens with zero attached hydrogens (tertiary/aromatic N) is 3. The van der Waals surface area contributed by atoms with Gasteiger partial charge >= 0.3 is 20.1 Å². The Hall–Kier alpha value is -11.8. The number of aromatic nitrogens is 3. The van der Waals surface area contributed by atoms with Crippen LogP contribution >= 0.6 is 0 Å². The van der Waals surface area contributed by atoms with Crippen molar-refractivity contribution in [3.8, 4) is 156 Å². The van der Waals surface area contributed by atoms with E-state index >= 15 is 35.1 Å². The van der Waals surface area contributed by atoms with Gasteiger partial charge in [-0.2, -0.15) is 0 Å². The molecule has 0 spiro atoms. The van der Waals surface area contributed by atoms with Gasteiger partial charge in [0.05, 0.1) is 0 Å². The molecule has 3 aromatic heterocycles. The Kier molecular flexibility index (Phi) is 18.1. The van der Waals surface area contributed by atoms with E-state index in [9.17, 15) is 0 Å². The first kappa shape index (κ1) is 64.5. The zero-order valence-electron chi connectivity index (χ0n) is 51.9. The molecule has 0 atom stereocenters. The van der Waals surface area contributed by atoms with Gasteiger partial charge in [-0.1, -0.05) is 211 Å². The van der Waals surface area contributed by atoms with Gasteiger partial charge in [0.1, 0.15) is 17.5 Å². The predicted molar refractivity (Wildman–Crippen MR) is 372 cm³/mol. The molecule has 99 heavy (non-hydrogen) atoms. The molecule has 3 heterocycles. The third-order valence-electron chi connectivity index (χ3n) is 17.4. The van der Waals surface area contributed by atoms with Crippen LogP contribution in [0.1, 0.15) is 0 Å². The van der Waals surface area contributed by atoms with Crippen LogP contribution < -0.4 is 0 Å². The topological polar surface area (TPSA) is 38.7 Å². The van der Waals surface area contributed by atoms with Gasteiger partial charge < -0.3 is 15.0 Å². The van der Waals surface area contributed by atoms with E-state index in [0.29, 0.717) is 106 Å². The molecule has 0 aliphatic carbocycles. The van der Waals surface area contributed by atoms with E-state index in [1.807, 2.05) is 91.0 Å². The van der Waals surface area contributed by atoms with Gasteiger partial charge in [-0.15, -0.1) is 48.0 Å². The van der Waals surface area contributed by atoms with Crippen molar-refractivity contribution in [3.05, 3.63) is 356 Å². The number of hydrogen-bond donors (Lipinski definition) is 0. The maximum absolute atomic E-state index is 16.6. The Morgan fingerprint density at radius 1 is 0.232 bits per heavy atom. The molecular formula is C87H48F8IrN3. The standard InChI is InChI=1S/C87H48F8N3.Ir/c88-64-28-31-67(59-26-39-81(96-49-59)70-34-37-79(92)84(86(70)94)56-17-9-3-10-18-56)72(45-64)61-41-62(73-46-65(89)29-32-68(73)60-27-40-82(97-50-60)71-35-38-80(93)85(87(71)95)57-19-11-4-12-20-57)43-63(42-61)74-47-66(90)30-33-69(74)77-51-98-83(58-25-36-78(91)76(44-58)54-15-7-2-8-16-54)48-75(77)55-23-21-53(22-24-55)52-13-5-1-6-14-52;/h1-24,26-33,36-51H;/q-3;+3. The van der Waals surface area contributed by atoms with Gasteiger partial charge in [0, 0.05) is 53.2 Å². The van der Waals surface area contributed by atoms with Crippen LogP contribution in [0.15, 0.2) is 292 Å². The summed E-state index contributed by atoms with van der Waals surface area (Å²) in [5.41, 5.74) is 10.9. The molecule has 476 valence electrons. The van der Waals surface area contributed by atoms with E-state index in [1.54, 1.807) is 134 Å². The largest absolute Gasteiger partial charge is 3.00 e. The van der Waals surface area contributed by atoms with E-state index in [1.165, 1.54) is 54.9 Å². The molecular weight excluding hydrogens is 1430 g/mol. The van der Waals surface area contributed by atoms with Crippen molar-refractivity contribution in [3.63, 3.8) is 0 Å². The molecule has 0 radical (unpaired) electrons. The summed E-state index contributed by atoms with van der Waals surface area (Å²) >= 11 is 0. The second kappa shape index (κ2) is 27.7. The summed E-state index contributed by atoms with van der Waals surface area (Å²) in [4.78, 5) is 14.3. The van der Waals surface area contributed by atoms with Crippen LogP contribution in [0.25, 0.3) is 156 Å². The monoisotopic (exact) mass is 1480 g/mol. The normalized spacial score (nSPS) is 11.2. The van der Waals surface area contributed by atoms with Crippen LogP contribution in [0.3, 0.4) is 0 Å². The average molecular weight is 1480 g/mol. The van der Waals surface area contributed by atoms with E-state index in [2.05, 4.69) is 28.2 Å². The number of pyridine rings is 3. The molecule has 15 rings (SSSR count). The van der Waals surface area contributed by atoms with Crippen LogP contribution in [-0.2, 0) is 20.1 Å². The molecule has 0 N–H and O–H groups in total. The molecule has 12 aromatic carbocycles. The fourth-order valence-electron chi connectivity index (χ4n) is 12.6. The summed E-state index contributed by atoms with van der Waals surface area (Å²) in [6.45, 7) is 0. The van der Waals surface area contributed by atoms with Crippen LogP contribution in [0.2, 0.25) is 0 Å². The second-order valence-electron chi connectivity index (χ2n) is 23.4. The smallest absolute Gasteiger partial charge is 0.304 e. The molecule has 0 saturated heterocycles. The Bertz CT molecular complexity index is 5300. The zero-order chi connectivity index (χ0) is 67.0. The first-order chi connectivity index (χ1) is 47.9. The van der Waals surface area contributed by atoms with Gasteiger partial charge in [-0.3, -0.25) is 22.0 Å². The summed E-state index contributed by atoms with van der Waals surface area (Å²) in [5, 5.41) is 0. The SMILES string of the molecule is Fc1ccc(-c2ccc(-c3[c-]cc(F)c(-c4ccccc4)c3F)nc2)c(-c2cc(-c3cc(F)ccc3-c3ccc(-c4[c-]cc(F)c(-c5ccccc5)c4F)nc3)cc(-c3cc(F)ccc3-c3cnc(-c4[c-]cc(F)c(-c5ccccc5)c4)cc3-c3ccc(-c4ccccc4)cc3)c2)c1.[Ir+3]. The molecule has 0 aliphatic rings. The van der Waals surface area contributed by atoms with Crippen molar-refractivity contribution in [2.45, 2.75) is 0 Å². The Morgan fingerprint density at radius 3 is 1.05 bits per heavy atom. The Morgan fingerprint density at radius 2 is 0.596 bits per heavy atom. The van der Waals surface area contributed by atoms with Gasteiger partial charge in [0.15, 0.2) is 0 Å². The molecule has 15 aromatic rings. The molecule has 0 bridgehead atoms. The van der Waals surface area contributed by atoms with Crippen molar-refractivity contribution in [1.29, 1.82) is 0 Å². The van der Waals surface area contributed by atoms with Crippen molar-refractivity contribution < 1.29 is 55.2 Å². The molecule has 0 unspecified atom stereocenters. The van der Waals surface area contributed by atoms with Gasteiger partial charge in [-0.25, -0.2) is 13.2 Å². The summed E-state index contributed by atoms with van der Waals surface area (Å²) < 4.78 is 128. The molecule has 12 heteroatoms. The van der Waals surface area contributed by atoms with Gasteiger partial charge in [-0.05, 0) is 183 Å². The van der Waals surface area contributed by atoms with E-state index in [4.69, 9.17) is 4.98 Å². The summed E-state index contributed by atoms with van der Waals surface area (Å²) in [7, 11) is 0. The first-order valence-electron chi connectivity index (χ1n) is 31.2. The first-order valence-corrected chi connectivity index (χ1v) is 31.2. The fraction of sp³-hybridized carbons (Fsp3) is 0. The summed E-state index contributed by atoms with van der Waals surface area (Å²) in [6, 6.07) is 83.9. The van der Waals surface area contributed by atoms with Crippen molar-refractivity contribution >= 4 is 0 Å². The second-order valence-corrected chi connectivity index (χ2v) is 23.4. The van der Waals surface area contributed by atoms with E-state index < -0.39 is 46.5 Å². The van der Waals surface area contributed by atoms with E-state index in [0.717, 1.165) is 28.8 Å². The number of hydrogen-bond acceptors (Lipinski definition) is 3. The van der Waals surface area contributed by atoms with Gasteiger partial charge in [0.25, 0.3) is 0 Å². The minimum absolute atomic E-state index is 0. The number of halogens is 8. The van der Waals surface area contributed by atoms with Crippen molar-refractivity contribution in [2.24, 2.45) is 0 Å². The third-order valence-corrected chi connectivity index (χ3v) is 17.4. The Labute approximate surface area is 579 Å². The zero-order valence-corrected chi connectivity index (χ0v) is 54.3. The van der Waals surface area contributed by atoms with Crippen LogP contribution in [-0.4, -0.2) is 15.0 Å². The fourth-order valence-corrected chi connectivity index (χ4v) is 12.6. The Balaban J connectivity index is 0.00000836. The number of rotatable bonds is 14. The summed E-state index contributed by atoms with van der Waals surface area (Å²) in [5.74, 6) is -5.60. The van der Waals surface area contributed by atoms with Crippen LogP contribution in [0.5, 0.6) is 0 Å². The minimum atomic E-state index is -0.857. The quantitative estimate of drug-likeness (QED) is 0.0804. The van der Waals surface area contributed by atoms with Crippen LogP contribution in [0.4, 0.5) is 35.1 Å². The van der Waals surface area contributed by atoms with Crippen molar-refractivity contribution in [2.75, 3.05) is 0 Å². The number of benzene rings is 12. The third kappa shape index (κ3) is 12.9. The van der Waals surface area contributed by atoms with Gasteiger partial charge in [0.2, 0.25) is 0 Å². The molecule has 0 fully saturated rings. The predicted octanol–water partition coefficient (Wildman–Crippen LogP) is 23.7. The molecule has 3 nitrogen and oxygen atoms in total.